The first-order valence-corrected chi connectivity index (χ1v) is 6.68. The quantitative estimate of drug-likeness (QED) is 0.878. The van der Waals surface area contributed by atoms with Crippen molar-refractivity contribution in [3.8, 4) is 5.69 Å². The van der Waals surface area contributed by atoms with Crippen LogP contribution in [-0.2, 0) is 4.79 Å². The Kier molecular flexibility index (Phi) is 4.64. The number of amides is 1. The Morgan fingerprint density at radius 2 is 2.24 bits per heavy atom. The largest absolute Gasteiger partial charge is 0.325 e. The molecule has 1 aromatic carbocycles. The topological polar surface area (TPSA) is 85.8 Å². The Morgan fingerprint density at radius 1 is 1.48 bits per heavy atom. The Labute approximate surface area is 122 Å². The molecule has 21 heavy (non-hydrogen) atoms. The maximum absolute atomic E-state index is 14.0. The van der Waals surface area contributed by atoms with Crippen molar-refractivity contribution in [2.45, 2.75) is 26.3 Å². The highest BCUT2D eigenvalue weighted by molar-refractivity contribution is 5.94. The number of aromatic nitrogens is 3. The SMILES string of the molecule is CC(C)C[C@@H](N)C(=O)Nc1ccc(-n2cncn2)c(F)c1. The summed E-state index contributed by atoms with van der Waals surface area (Å²) < 4.78 is 15.3. The van der Waals surface area contributed by atoms with Crippen LogP contribution < -0.4 is 11.1 Å². The fourth-order valence-electron chi connectivity index (χ4n) is 1.95. The first-order chi connectivity index (χ1) is 9.97. The van der Waals surface area contributed by atoms with Gasteiger partial charge < -0.3 is 11.1 Å². The van der Waals surface area contributed by atoms with Gasteiger partial charge in [-0.2, -0.15) is 5.10 Å². The van der Waals surface area contributed by atoms with Gasteiger partial charge in [0.2, 0.25) is 5.91 Å². The molecule has 1 amide bonds. The number of halogens is 1. The molecule has 1 heterocycles. The monoisotopic (exact) mass is 291 g/mol. The molecule has 2 aromatic rings. The summed E-state index contributed by atoms with van der Waals surface area (Å²) in [6.45, 7) is 3.97. The molecule has 0 aliphatic rings. The van der Waals surface area contributed by atoms with Crippen molar-refractivity contribution in [3.05, 3.63) is 36.7 Å². The lowest BCUT2D eigenvalue weighted by Gasteiger charge is -2.14. The van der Waals surface area contributed by atoms with Crippen molar-refractivity contribution < 1.29 is 9.18 Å². The van der Waals surface area contributed by atoms with Crippen LogP contribution in [-0.4, -0.2) is 26.7 Å². The Balaban J connectivity index is 2.09. The van der Waals surface area contributed by atoms with Gasteiger partial charge in [0.15, 0.2) is 5.82 Å². The second-order valence-electron chi connectivity index (χ2n) is 5.23. The molecule has 6 nitrogen and oxygen atoms in total. The van der Waals surface area contributed by atoms with Gasteiger partial charge in [0.1, 0.15) is 18.3 Å². The van der Waals surface area contributed by atoms with Crippen molar-refractivity contribution in [2.24, 2.45) is 11.7 Å². The zero-order chi connectivity index (χ0) is 15.4. The van der Waals surface area contributed by atoms with E-state index < -0.39 is 11.9 Å². The van der Waals surface area contributed by atoms with Gasteiger partial charge in [-0.15, -0.1) is 0 Å². The van der Waals surface area contributed by atoms with E-state index in [0.717, 1.165) is 0 Å². The molecule has 2 rings (SSSR count). The number of hydrogen-bond donors (Lipinski definition) is 2. The summed E-state index contributed by atoms with van der Waals surface area (Å²) in [4.78, 5) is 15.6. The van der Waals surface area contributed by atoms with E-state index in [1.165, 1.54) is 29.5 Å². The average molecular weight is 291 g/mol. The molecule has 0 bridgehead atoms. The highest BCUT2D eigenvalue weighted by Gasteiger charge is 2.16. The van der Waals surface area contributed by atoms with Crippen LogP contribution in [0.1, 0.15) is 20.3 Å². The number of nitrogens with two attached hydrogens (primary N) is 1. The third-order valence-electron chi connectivity index (χ3n) is 2.94. The lowest BCUT2D eigenvalue weighted by molar-refractivity contribution is -0.117. The molecule has 1 atom stereocenters. The van der Waals surface area contributed by atoms with Crippen molar-refractivity contribution in [3.63, 3.8) is 0 Å². The van der Waals surface area contributed by atoms with Crippen molar-refractivity contribution >= 4 is 11.6 Å². The van der Waals surface area contributed by atoms with Crippen molar-refractivity contribution in [1.82, 2.24) is 14.8 Å². The zero-order valence-electron chi connectivity index (χ0n) is 12.0. The highest BCUT2D eigenvalue weighted by atomic mass is 19.1. The van der Waals surface area contributed by atoms with Crippen LogP contribution >= 0.6 is 0 Å². The normalized spacial score (nSPS) is 12.4. The fourth-order valence-corrected chi connectivity index (χ4v) is 1.95. The van der Waals surface area contributed by atoms with Crippen LogP contribution in [0.5, 0.6) is 0 Å². The second-order valence-corrected chi connectivity index (χ2v) is 5.23. The summed E-state index contributed by atoms with van der Waals surface area (Å²) in [6.07, 6.45) is 3.29. The molecule has 0 fully saturated rings. The van der Waals surface area contributed by atoms with Crippen LogP contribution in [0.3, 0.4) is 0 Å². The van der Waals surface area contributed by atoms with E-state index in [9.17, 15) is 9.18 Å². The molecule has 0 radical (unpaired) electrons. The van der Waals surface area contributed by atoms with Gasteiger partial charge in [0, 0.05) is 5.69 Å². The number of carbonyl (C=O) groups excluding carboxylic acids is 1. The van der Waals surface area contributed by atoms with Crippen molar-refractivity contribution in [1.29, 1.82) is 0 Å². The molecule has 3 N–H and O–H groups in total. The summed E-state index contributed by atoms with van der Waals surface area (Å²) >= 11 is 0. The minimum atomic E-state index is -0.608. The standard InChI is InChI=1S/C14H18FN5O/c1-9(2)5-12(16)14(21)19-10-3-4-13(11(15)6-10)20-8-17-7-18-20/h3-4,6-9,12H,5,16H2,1-2H3,(H,19,21)/t12-/m1/s1. The third kappa shape index (κ3) is 3.85. The molecule has 0 unspecified atom stereocenters. The summed E-state index contributed by atoms with van der Waals surface area (Å²) in [5, 5.41) is 6.47. The van der Waals surface area contributed by atoms with Crippen LogP contribution in [0.4, 0.5) is 10.1 Å². The summed E-state index contributed by atoms with van der Waals surface area (Å²) in [5.41, 5.74) is 6.41. The van der Waals surface area contributed by atoms with Crippen LogP contribution in [0.2, 0.25) is 0 Å². The van der Waals surface area contributed by atoms with Gasteiger partial charge in [0.05, 0.1) is 6.04 Å². The summed E-state index contributed by atoms with van der Waals surface area (Å²) in [6, 6.07) is 3.74. The van der Waals surface area contributed by atoms with E-state index >= 15 is 0 Å². The number of rotatable bonds is 5. The first-order valence-electron chi connectivity index (χ1n) is 6.68. The number of benzene rings is 1. The number of anilines is 1. The van der Waals surface area contributed by atoms with E-state index in [2.05, 4.69) is 15.4 Å². The molecule has 7 heteroatoms. The molecule has 112 valence electrons. The number of carbonyl (C=O) groups is 1. The number of hydrogen-bond acceptors (Lipinski definition) is 4. The van der Waals surface area contributed by atoms with Gasteiger partial charge in [-0.3, -0.25) is 4.79 Å². The molecule has 0 aliphatic carbocycles. The molecule has 0 aliphatic heterocycles. The highest BCUT2D eigenvalue weighted by Crippen LogP contribution is 2.17. The third-order valence-corrected chi connectivity index (χ3v) is 2.94. The van der Waals surface area contributed by atoms with E-state index in [0.29, 0.717) is 18.0 Å². The Morgan fingerprint density at radius 3 is 2.81 bits per heavy atom. The zero-order valence-corrected chi connectivity index (χ0v) is 12.0. The lowest BCUT2D eigenvalue weighted by atomic mass is 10.0. The lowest BCUT2D eigenvalue weighted by Crippen LogP contribution is -2.36. The maximum atomic E-state index is 14.0. The number of nitrogens with zero attached hydrogens (tertiary/aromatic N) is 3. The van der Waals surface area contributed by atoms with E-state index in [1.54, 1.807) is 6.07 Å². The molecule has 0 saturated carbocycles. The minimum absolute atomic E-state index is 0.261. The van der Waals surface area contributed by atoms with Crippen LogP contribution in [0, 0.1) is 11.7 Å². The van der Waals surface area contributed by atoms with E-state index in [4.69, 9.17) is 5.73 Å². The Hall–Kier alpha value is -2.28. The van der Waals surface area contributed by atoms with Crippen LogP contribution in [0.25, 0.3) is 5.69 Å². The van der Waals surface area contributed by atoms with Crippen LogP contribution in [0.15, 0.2) is 30.9 Å². The van der Waals surface area contributed by atoms with Gasteiger partial charge >= 0.3 is 0 Å². The summed E-state index contributed by atoms with van der Waals surface area (Å²) in [7, 11) is 0. The average Bonchev–Trinajstić information content (AvgIpc) is 2.91. The van der Waals surface area contributed by atoms with Gasteiger partial charge in [0.25, 0.3) is 0 Å². The molecule has 1 aromatic heterocycles. The van der Waals surface area contributed by atoms with Gasteiger partial charge in [-0.1, -0.05) is 13.8 Å². The van der Waals surface area contributed by atoms with E-state index in [1.807, 2.05) is 13.8 Å². The fraction of sp³-hybridized carbons (Fsp3) is 0.357. The van der Waals surface area contributed by atoms with Gasteiger partial charge in [-0.25, -0.2) is 14.1 Å². The first kappa shape index (κ1) is 15.1. The Bertz CT molecular complexity index is 612. The summed E-state index contributed by atoms with van der Waals surface area (Å²) in [5.74, 6) is -0.510. The molecular weight excluding hydrogens is 273 g/mol. The predicted molar refractivity (Wildman–Crippen MR) is 77.4 cm³/mol. The van der Waals surface area contributed by atoms with Gasteiger partial charge in [-0.05, 0) is 30.5 Å². The maximum Gasteiger partial charge on any atom is 0.241 e. The van der Waals surface area contributed by atoms with E-state index in [-0.39, 0.29) is 11.6 Å². The molecule has 0 spiro atoms. The molecule has 0 saturated heterocycles. The molecular formula is C14H18FN5O. The van der Waals surface area contributed by atoms with Crippen molar-refractivity contribution in [2.75, 3.05) is 5.32 Å². The second kappa shape index (κ2) is 6.45. The minimum Gasteiger partial charge on any atom is -0.325 e. The predicted octanol–water partition coefficient (Wildman–Crippen LogP) is 1.72. The number of nitrogens with one attached hydrogen (secondary N) is 1. The smallest absolute Gasteiger partial charge is 0.241 e.